The molecular weight excluding hydrogens is 276 g/mol. The minimum Gasteiger partial charge on any atom is -0.507 e. The van der Waals surface area contributed by atoms with Crippen LogP contribution in [0.1, 0.15) is 11.4 Å². The smallest absolute Gasteiger partial charge is 0.180 e. The first-order valence-corrected chi connectivity index (χ1v) is 6.73. The van der Waals surface area contributed by atoms with E-state index in [-0.39, 0.29) is 5.75 Å². The minimum absolute atomic E-state index is 0.0856. The van der Waals surface area contributed by atoms with Gasteiger partial charge in [-0.2, -0.15) is 5.10 Å². The normalized spacial score (nSPS) is 11.4. The van der Waals surface area contributed by atoms with Crippen LogP contribution in [0.5, 0.6) is 5.75 Å². The third-order valence-electron chi connectivity index (χ3n) is 3.26. The molecule has 0 fully saturated rings. The predicted molar refractivity (Wildman–Crippen MR) is 85.4 cm³/mol. The first kappa shape index (κ1) is 13.8. The number of hydrogen-bond acceptors (Lipinski definition) is 5. The van der Waals surface area contributed by atoms with E-state index in [2.05, 4.69) is 15.1 Å². The number of nitrogens with two attached hydrogens (primary N) is 1. The number of hydrazone groups is 1. The molecule has 3 rings (SSSR count). The zero-order valence-electron chi connectivity index (χ0n) is 11.7. The molecule has 22 heavy (non-hydrogen) atoms. The molecule has 3 aromatic rings. The second-order valence-electron chi connectivity index (χ2n) is 4.66. The van der Waals surface area contributed by atoms with Crippen molar-refractivity contribution < 1.29 is 5.11 Å². The maximum Gasteiger partial charge on any atom is 0.180 e. The standard InChI is InChI=1S/C17H14N4O/c18-21-16(14-8-4-5-9-15(14)22)17-19-10-13(11-20-17)12-6-2-1-3-7-12/h1-11,22H,18H2/b21-16+. The van der Waals surface area contributed by atoms with Crippen molar-refractivity contribution in [1.82, 2.24) is 9.97 Å². The Hall–Kier alpha value is -3.21. The Morgan fingerprint density at radius 2 is 1.50 bits per heavy atom. The van der Waals surface area contributed by atoms with Gasteiger partial charge in [0.05, 0.1) is 0 Å². The van der Waals surface area contributed by atoms with Gasteiger partial charge in [-0.3, -0.25) is 0 Å². The number of phenolic OH excluding ortho intramolecular Hbond substituents is 1. The van der Waals surface area contributed by atoms with Crippen LogP contribution >= 0.6 is 0 Å². The molecule has 0 atom stereocenters. The van der Waals surface area contributed by atoms with E-state index in [1.807, 2.05) is 30.3 Å². The Bertz CT molecular complexity index is 798. The lowest BCUT2D eigenvalue weighted by Gasteiger charge is -2.07. The van der Waals surface area contributed by atoms with Gasteiger partial charge in [0.25, 0.3) is 0 Å². The molecule has 0 amide bonds. The van der Waals surface area contributed by atoms with Crippen LogP contribution in [0.4, 0.5) is 0 Å². The molecule has 1 aromatic heterocycles. The van der Waals surface area contributed by atoms with Gasteiger partial charge in [0.2, 0.25) is 0 Å². The van der Waals surface area contributed by atoms with Gasteiger partial charge in [-0.25, -0.2) is 9.97 Å². The van der Waals surface area contributed by atoms with E-state index in [0.29, 0.717) is 17.1 Å². The highest BCUT2D eigenvalue weighted by Crippen LogP contribution is 2.20. The highest BCUT2D eigenvalue weighted by molar-refractivity contribution is 6.12. The Kier molecular flexibility index (Phi) is 3.78. The van der Waals surface area contributed by atoms with Gasteiger partial charge in [-0.05, 0) is 17.7 Å². The molecule has 0 aliphatic rings. The molecule has 0 saturated carbocycles. The SMILES string of the molecule is N/N=C(/c1ncc(-c2ccccc2)cn1)c1ccccc1O. The molecule has 0 aliphatic heterocycles. The van der Waals surface area contributed by atoms with E-state index in [0.717, 1.165) is 11.1 Å². The van der Waals surface area contributed by atoms with Gasteiger partial charge >= 0.3 is 0 Å². The first-order valence-electron chi connectivity index (χ1n) is 6.73. The summed E-state index contributed by atoms with van der Waals surface area (Å²) in [6, 6.07) is 16.6. The highest BCUT2D eigenvalue weighted by atomic mass is 16.3. The molecule has 5 heteroatoms. The molecule has 0 spiro atoms. The monoisotopic (exact) mass is 290 g/mol. The summed E-state index contributed by atoms with van der Waals surface area (Å²) in [5.74, 6) is 5.90. The van der Waals surface area contributed by atoms with Crippen LogP contribution in [-0.2, 0) is 0 Å². The summed E-state index contributed by atoms with van der Waals surface area (Å²) >= 11 is 0. The second-order valence-corrected chi connectivity index (χ2v) is 4.66. The number of hydrogen-bond donors (Lipinski definition) is 2. The van der Waals surface area contributed by atoms with Gasteiger partial charge in [0.15, 0.2) is 5.82 Å². The molecule has 0 bridgehead atoms. The zero-order chi connectivity index (χ0) is 15.4. The van der Waals surface area contributed by atoms with E-state index < -0.39 is 0 Å². The lowest BCUT2D eigenvalue weighted by Crippen LogP contribution is -2.11. The van der Waals surface area contributed by atoms with E-state index >= 15 is 0 Å². The van der Waals surface area contributed by atoms with Gasteiger partial charge in [0.1, 0.15) is 11.5 Å². The number of aromatic nitrogens is 2. The molecule has 5 nitrogen and oxygen atoms in total. The summed E-state index contributed by atoms with van der Waals surface area (Å²) in [6.07, 6.45) is 3.42. The Morgan fingerprint density at radius 3 is 2.14 bits per heavy atom. The number of benzene rings is 2. The number of phenols is 1. The van der Waals surface area contributed by atoms with Gasteiger partial charge in [-0.15, -0.1) is 0 Å². The summed E-state index contributed by atoms with van der Waals surface area (Å²) in [4.78, 5) is 8.62. The largest absolute Gasteiger partial charge is 0.507 e. The molecule has 0 saturated heterocycles. The number of aromatic hydroxyl groups is 1. The minimum atomic E-state index is 0.0856. The lowest BCUT2D eigenvalue weighted by atomic mass is 10.1. The molecule has 1 heterocycles. The Labute approximate surface area is 127 Å². The lowest BCUT2D eigenvalue weighted by molar-refractivity contribution is 0.474. The van der Waals surface area contributed by atoms with E-state index in [4.69, 9.17) is 5.84 Å². The molecule has 108 valence electrons. The van der Waals surface area contributed by atoms with Crippen LogP contribution in [0.25, 0.3) is 11.1 Å². The van der Waals surface area contributed by atoms with Gasteiger partial charge < -0.3 is 10.9 Å². The van der Waals surface area contributed by atoms with Crippen molar-refractivity contribution in [2.24, 2.45) is 10.9 Å². The van der Waals surface area contributed by atoms with Crippen molar-refractivity contribution in [1.29, 1.82) is 0 Å². The fraction of sp³-hybridized carbons (Fsp3) is 0. The van der Waals surface area contributed by atoms with Crippen LogP contribution in [0.2, 0.25) is 0 Å². The van der Waals surface area contributed by atoms with Crippen molar-refractivity contribution >= 4 is 5.71 Å². The topological polar surface area (TPSA) is 84.4 Å². The number of para-hydroxylation sites is 1. The van der Waals surface area contributed by atoms with Crippen LogP contribution in [0, 0.1) is 0 Å². The average Bonchev–Trinajstić information content (AvgIpc) is 2.59. The molecule has 0 radical (unpaired) electrons. The maximum absolute atomic E-state index is 9.91. The third-order valence-corrected chi connectivity index (χ3v) is 3.26. The zero-order valence-corrected chi connectivity index (χ0v) is 11.7. The summed E-state index contributed by atoms with van der Waals surface area (Å²) < 4.78 is 0. The van der Waals surface area contributed by atoms with E-state index in [1.165, 1.54) is 0 Å². The average molecular weight is 290 g/mol. The fourth-order valence-electron chi connectivity index (χ4n) is 2.15. The maximum atomic E-state index is 9.91. The highest BCUT2D eigenvalue weighted by Gasteiger charge is 2.14. The molecule has 0 unspecified atom stereocenters. The van der Waals surface area contributed by atoms with Crippen molar-refractivity contribution in [3.63, 3.8) is 0 Å². The number of nitrogens with zero attached hydrogens (tertiary/aromatic N) is 3. The molecule has 0 aliphatic carbocycles. The van der Waals surface area contributed by atoms with Crippen molar-refractivity contribution in [3.05, 3.63) is 78.4 Å². The molecule has 2 aromatic carbocycles. The van der Waals surface area contributed by atoms with Crippen molar-refractivity contribution in [2.45, 2.75) is 0 Å². The van der Waals surface area contributed by atoms with Crippen LogP contribution in [0.15, 0.2) is 72.1 Å². The van der Waals surface area contributed by atoms with E-state index in [1.54, 1.807) is 36.7 Å². The predicted octanol–water partition coefficient (Wildman–Crippen LogP) is 2.56. The fourth-order valence-corrected chi connectivity index (χ4v) is 2.15. The number of rotatable bonds is 3. The van der Waals surface area contributed by atoms with Crippen molar-refractivity contribution in [2.75, 3.05) is 0 Å². The van der Waals surface area contributed by atoms with Crippen LogP contribution in [0.3, 0.4) is 0 Å². The summed E-state index contributed by atoms with van der Waals surface area (Å²) in [5.41, 5.74) is 2.77. The van der Waals surface area contributed by atoms with E-state index in [9.17, 15) is 5.11 Å². The summed E-state index contributed by atoms with van der Waals surface area (Å²) in [5, 5.41) is 13.6. The summed E-state index contributed by atoms with van der Waals surface area (Å²) in [6.45, 7) is 0. The quantitative estimate of drug-likeness (QED) is 0.441. The second kappa shape index (κ2) is 6.05. The first-order chi connectivity index (χ1) is 10.8. The third kappa shape index (κ3) is 2.64. The van der Waals surface area contributed by atoms with Gasteiger partial charge in [-0.1, -0.05) is 42.5 Å². The molecular formula is C17H14N4O. The molecule has 3 N–H and O–H groups in total. The van der Waals surface area contributed by atoms with Crippen LogP contribution < -0.4 is 5.84 Å². The Morgan fingerprint density at radius 1 is 0.864 bits per heavy atom. The Balaban J connectivity index is 1.97. The summed E-state index contributed by atoms with van der Waals surface area (Å²) in [7, 11) is 0. The van der Waals surface area contributed by atoms with Gasteiger partial charge in [0, 0.05) is 23.5 Å². The van der Waals surface area contributed by atoms with Crippen LogP contribution in [-0.4, -0.2) is 20.8 Å². The van der Waals surface area contributed by atoms with Crippen molar-refractivity contribution in [3.8, 4) is 16.9 Å².